The molecule has 0 radical (unpaired) electrons. The first-order valence-corrected chi connectivity index (χ1v) is 8.02. The number of nitrogens with one attached hydrogen (secondary N) is 2. The van der Waals surface area contributed by atoms with Gasteiger partial charge in [-0.25, -0.2) is 4.39 Å². The van der Waals surface area contributed by atoms with Crippen LogP contribution in [0.4, 0.5) is 10.1 Å². The second-order valence-corrected chi connectivity index (χ2v) is 6.01. The predicted molar refractivity (Wildman–Crippen MR) is 94.5 cm³/mol. The second kappa shape index (κ2) is 7.01. The Bertz CT molecular complexity index is 807. The van der Waals surface area contributed by atoms with E-state index in [9.17, 15) is 9.18 Å². The fourth-order valence-corrected chi connectivity index (χ4v) is 2.89. The molecule has 1 unspecified atom stereocenters. The largest absolute Gasteiger partial charge is 0.379 e. The molecule has 1 aliphatic heterocycles. The zero-order valence-corrected chi connectivity index (χ0v) is 13.9. The first kappa shape index (κ1) is 16.5. The average Bonchev–Trinajstić information content (AvgIpc) is 2.74. The number of amides is 1. The van der Waals surface area contributed by atoms with Crippen molar-refractivity contribution in [1.82, 2.24) is 5.32 Å². The molecule has 24 heavy (non-hydrogen) atoms. The normalized spacial score (nSPS) is 16.5. The minimum Gasteiger partial charge on any atom is -0.379 e. The summed E-state index contributed by atoms with van der Waals surface area (Å²) in [5, 5.41) is 6.47. The molecular weight excluding hydrogens is 329 g/mol. The Labute approximate surface area is 144 Å². The number of fused-ring (bicyclic) bond motifs is 1. The molecule has 0 aliphatic carbocycles. The van der Waals surface area contributed by atoms with Gasteiger partial charge in [0.1, 0.15) is 5.82 Å². The van der Waals surface area contributed by atoms with Crippen molar-refractivity contribution in [2.24, 2.45) is 4.99 Å². The van der Waals surface area contributed by atoms with Crippen LogP contribution in [0.5, 0.6) is 0 Å². The average molecular weight is 346 g/mol. The Morgan fingerprint density at radius 2 is 2.12 bits per heavy atom. The van der Waals surface area contributed by atoms with E-state index in [2.05, 4.69) is 15.6 Å². The summed E-state index contributed by atoms with van der Waals surface area (Å²) in [6.45, 7) is 0.364. The van der Waals surface area contributed by atoms with Gasteiger partial charge >= 0.3 is 0 Å². The molecule has 1 heterocycles. The smallest absolute Gasteiger partial charge is 0.221 e. The van der Waals surface area contributed by atoms with Gasteiger partial charge in [-0.1, -0.05) is 23.7 Å². The molecule has 0 fully saturated rings. The molecule has 4 nitrogen and oxygen atoms in total. The SMILES string of the molecule is CNC(=O)CC1CN=C(c2ccccc2F)c2cc(Cl)ccc2N1. The minimum atomic E-state index is -0.341. The third-order valence-electron chi connectivity index (χ3n) is 3.91. The van der Waals surface area contributed by atoms with Crippen molar-refractivity contribution < 1.29 is 9.18 Å². The number of nitrogens with zero attached hydrogens (tertiary/aromatic N) is 1. The van der Waals surface area contributed by atoms with E-state index in [1.54, 1.807) is 37.4 Å². The summed E-state index contributed by atoms with van der Waals surface area (Å²) in [6.07, 6.45) is 0.284. The fraction of sp³-hybridized carbons (Fsp3) is 0.222. The highest BCUT2D eigenvalue weighted by atomic mass is 35.5. The lowest BCUT2D eigenvalue weighted by Gasteiger charge is -2.16. The van der Waals surface area contributed by atoms with Crippen LogP contribution in [-0.4, -0.2) is 31.3 Å². The number of rotatable bonds is 3. The van der Waals surface area contributed by atoms with Crippen molar-refractivity contribution in [1.29, 1.82) is 0 Å². The standard InChI is InChI=1S/C18H17ClFN3O/c1-21-17(24)9-12-10-22-18(13-4-2-3-5-15(13)20)14-8-11(19)6-7-16(14)23-12/h2-8,12,23H,9-10H2,1H3,(H,21,24). The summed E-state index contributed by atoms with van der Waals surface area (Å²) in [4.78, 5) is 16.3. The molecule has 2 aromatic carbocycles. The number of hydrogen-bond acceptors (Lipinski definition) is 3. The van der Waals surface area contributed by atoms with Gasteiger partial charge in [0.2, 0.25) is 5.91 Å². The highest BCUT2D eigenvalue weighted by molar-refractivity contribution is 6.31. The van der Waals surface area contributed by atoms with Crippen LogP contribution in [0.2, 0.25) is 5.02 Å². The molecule has 124 valence electrons. The molecule has 2 aromatic rings. The topological polar surface area (TPSA) is 53.5 Å². The number of carbonyl (C=O) groups is 1. The first-order chi connectivity index (χ1) is 11.6. The van der Waals surface area contributed by atoms with E-state index < -0.39 is 0 Å². The van der Waals surface area contributed by atoms with Gasteiger partial charge in [-0.3, -0.25) is 9.79 Å². The number of hydrogen-bond donors (Lipinski definition) is 2. The van der Waals surface area contributed by atoms with Crippen LogP contribution in [-0.2, 0) is 4.79 Å². The van der Waals surface area contributed by atoms with Crippen molar-refractivity contribution in [3.05, 3.63) is 64.4 Å². The molecule has 2 N–H and O–H groups in total. The molecule has 1 amide bonds. The highest BCUT2D eigenvalue weighted by Crippen LogP contribution is 2.28. The fourth-order valence-electron chi connectivity index (χ4n) is 2.72. The number of carbonyl (C=O) groups excluding carboxylic acids is 1. The molecule has 1 aliphatic rings. The van der Waals surface area contributed by atoms with Crippen molar-refractivity contribution >= 4 is 28.9 Å². The van der Waals surface area contributed by atoms with Gasteiger partial charge in [0.15, 0.2) is 0 Å². The van der Waals surface area contributed by atoms with Crippen LogP contribution in [0.3, 0.4) is 0 Å². The minimum absolute atomic E-state index is 0.0763. The van der Waals surface area contributed by atoms with E-state index >= 15 is 0 Å². The van der Waals surface area contributed by atoms with Crippen molar-refractivity contribution in [3.63, 3.8) is 0 Å². The maximum absolute atomic E-state index is 14.3. The summed E-state index contributed by atoms with van der Waals surface area (Å²) in [5.41, 5.74) is 2.47. The van der Waals surface area contributed by atoms with Gasteiger partial charge in [0.25, 0.3) is 0 Å². The number of benzene rings is 2. The number of aliphatic imine (C=N–C) groups is 1. The van der Waals surface area contributed by atoms with E-state index in [-0.39, 0.29) is 24.2 Å². The Hall–Kier alpha value is -2.40. The molecule has 1 atom stereocenters. The molecule has 6 heteroatoms. The quantitative estimate of drug-likeness (QED) is 0.897. The lowest BCUT2D eigenvalue weighted by Crippen LogP contribution is -2.30. The van der Waals surface area contributed by atoms with Crippen molar-refractivity contribution in [2.75, 3.05) is 18.9 Å². The van der Waals surface area contributed by atoms with E-state index in [0.29, 0.717) is 22.8 Å². The van der Waals surface area contributed by atoms with E-state index in [0.717, 1.165) is 11.3 Å². The highest BCUT2D eigenvalue weighted by Gasteiger charge is 2.22. The second-order valence-electron chi connectivity index (χ2n) is 5.58. The zero-order chi connectivity index (χ0) is 17.1. The lowest BCUT2D eigenvalue weighted by atomic mass is 10.00. The lowest BCUT2D eigenvalue weighted by molar-refractivity contribution is -0.120. The molecular formula is C18H17ClFN3O. The van der Waals surface area contributed by atoms with Crippen molar-refractivity contribution in [2.45, 2.75) is 12.5 Å². The molecule has 0 aromatic heterocycles. The summed E-state index contributed by atoms with van der Waals surface area (Å²) >= 11 is 6.13. The zero-order valence-electron chi connectivity index (χ0n) is 13.1. The van der Waals surface area contributed by atoms with Crippen LogP contribution in [0, 0.1) is 5.82 Å². The predicted octanol–water partition coefficient (Wildman–Crippen LogP) is 3.25. The maximum atomic E-state index is 14.3. The van der Waals surface area contributed by atoms with Crippen LogP contribution < -0.4 is 10.6 Å². The number of benzodiazepines with no additional fused rings is 1. The summed E-state index contributed by atoms with van der Waals surface area (Å²) in [6, 6.07) is 11.7. The van der Waals surface area contributed by atoms with Gasteiger partial charge in [-0.05, 0) is 30.3 Å². The molecule has 0 saturated carbocycles. The number of halogens is 2. The summed E-state index contributed by atoms with van der Waals surface area (Å²) in [7, 11) is 1.60. The maximum Gasteiger partial charge on any atom is 0.221 e. The third kappa shape index (κ3) is 3.41. The Balaban J connectivity index is 2.06. The van der Waals surface area contributed by atoms with Gasteiger partial charge in [-0.15, -0.1) is 0 Å². The van der Waals surface area contributed by atoms with Crippen LogP contribution >= 0.6 is 11.6 Å². The number of anilines is 1. The van der Waals surface area contributed by atoms with Crippen LogP contribution in [0.1, 0.15) is 17.5 Å². The molecule has 0 bridgehead atoms. The third-order valence-corrected chi connectivity index (χ3v) is 4.14. The Morgan fingerprint density at radius 1 is 1.33 bits per heavy atom. The molecule has 0 saturated heterocycles. The summed E-state index contributed by atoms with van der Waals surface area (Å²) < 4.78 is 14.3. The van der Waals surface area contributed by atoms with Crippen LogP contribution in [0.25, 0.3) is 0 Å². The van der Waals surface area contributed by atoms with E-state index in [4.69, 9.17) is 11.6 Å². The Kier molecular flexibility index (Phi) is 4.81. The van der Waals surface area contributed by atoms with Gasteiger partial charge in [0, 0.05) is 35.3 Å². The molecule has 3 rings (SSSR count). The van der Waals surface area contributed by atoms with Gasteiger partial charge in [0.05, 0.1) is 18.3 Å². The summed E-state index contributed by atoms with van der Waals surface area (Å²) in [5.74, 6) is -0.417. The molecule has 0 spiro atoms. The van der Waals surface area contributed by atoms with E-state index in [1.165, 1.54) is 6.07 Å². The first-order valence-electron chi connectivity index (χ1n) is 7.65. The van der Waals surface area contributed by atoms with E-state index in [1.807, 2.05) is 6.07 Å². The monoisotopic (exact) mass is 345 g/mol. The van der Waals surface area contributed by atoms with Crippen molar-refractivity contribution in [3.8, 4) is 0 Å². The van der Waals surface area contributed by atoms with Gasteiger partial charge < -0.3 is 10.6 Å². The Morgan fingerprint density at radius 3 is 2.88 bits per heavy atom. The van der Waals surface area contributed by atoms with Gasteiger partial charge in [-0.2, -0.15) is 0 Å². The van der Waals surface area contributed by atoms with Crippen LogP contribution in [0.15, 0.2) is 47.5 Å².